The van der Waals surface area contributed by atoms with Crippen LogP contribution in [0.15, 0.2) is 36.4 Å². The molecule has 0 radical (unpaired) electrons. The van der Waals surface area contributed by atoms with Crippen molar-refractivity contribution < 1.29 is 13.9 Å². The summed E-state index contributed by atoms with van der Waals surface area (Å²) in [6.45, 7) is 0.174. The summed E-state index contributed by atoms with van der Waals surface area (Å²) in [5.74, 6) is 0.601. The second kappa shape index (κ2) is 5.74. The lowest BCUT2D eigenvalue weighted by atomic mass is 10.1. The molecule has 0 saturated carbocycles. The Bertz CT molecular complexity index is 657. The van der Waals surface area contributed by atoms with E-state index in [1.807, 2.05) is 18.2 Å². The number of hydrogen-bond acceptors (Lipinski definition) is 3. The molecule has 0 amide bonds. The number of fused-ring (bicyclic) bond motifs is 1. The van der Waals surface area contributed by atoms with E-state index in [0.29, 0.717) is 5.56 Å². The number of nitrogens with two attached hydrogens (primary N) is 1. The average Bonchev–Trinajstić information content (AvgIpc) is 2.87. The van der Waals surface area contributed by atoms with Crippen LogP contribution in [-0.2, 0) is 13.0 Å². The second-order valence-corrected chi connectivity index (χ2v) is 5.23. The molecular weight excluding hydrogens is 269 g/mol. The van der Waals surface area contributed by atoms with Crippen LogP contribution < -0.4 is 15.2 Å². The largest absolute Gasteiger partial charge is 0.494 e. The van der Waals surface area contributed by atoms with Gasteiger partial charge in [0.1, 0.15) is 12.4 Å². The van der Waals surface area contributed by atoms with E-state index in [9.17, 15) is 4.39 Å². The lowest BCUT2D eigenvalue weighted by molar-refractivity contribution is 0.295. The predicted octanol–water partition coefficient (Wildman–Crippen LogP) is 3.36. The van der Waals surface area contributed by atoms with Crippen LogP contribution in [0.3, 0.4) is 0 Å². The van der Waals surface area contributed by atoms with E-state index in [-0.39, 0.29) is 24.2 Å². The van der Waals surface area contributed by atoms with Gasteiger partial charge in [-0.05, 0) is 42.2 Å². The third-order valence-electron chi connectivity index (χ3n) is 3.90. The van der Waals surface area contributed by atoms with Crippen molar-refractivity contribution in [3.8, 4) is 11.5 Å². The van der Waals surface area contributed by atoms with Crippen LogP contribution in [-0.4, -0.2) is 7.11 Å². The van der Waals surface area contributed by atoms with Crippen LogP contribution in [0.1, 0.15) is 29.2 Å². The number of methoxy groups -OCH3 is 1. The fraction of sp³-hybridized carbons (Fsp3) is 0.294. The van der Waals surface area contributed by atoms with Crippen molar-refractivity contribution in [1.29, 1.82) is 0 Å². The normalized spacial score (nSPS) is 16.6. The van der Waals surface area contributed by atoms with Gasteiger partial charge in [0.25, 0.3) is 0 Å². The maximum Gasteiger partial charge on any atom is 0.171 e. The first-order valence-corrected chi connectivity index (χ1v) is 7.01. The minimum atomic E-state index is -0.372. The molecular formula is C17H18FNO2. The van der Waals surface area contributed by atoms with E-state index in [1.165, 1.54) is 18.2 Å². The zero-order valence-corrected chi connectivity index (χ0v) is 11.9. The molecule has 0 fully saturated rings. The molecule has 4 heteroatoms. The van der Waals surface area contributed by atoms with E-state index < -0.39 is 0 Å². The van der Waals surface area contributed by atoms with Gasteiger partial charge < -0.3 is 15.2 Å². The summed E-state index contributed by atoms with van der Waals surface area (Å²) in [4.78, 5) is 0. The third kappa shape index (κ3) is 2.72. The minimum absolute atomic E-state index is 0.130. The molecule has 0 saturated heterocycles. The Labute approximate surface area is 123 Å². The Kier molecular flexibility index (Phi) is 3.80. The Morgan fingerprint density at radius 1 is 1.29 bits per heavy atom. The SMILES string of the molecule is COc1cccc(COc2ccc3c(c2)CCC3N)c1F. The average molecular weight is 287 g/mol. The Hall–Kier alpha value is -2.07. The number of benzene rings is 2. The summed E-state index contributed by atoms with van der Waals surface area (Å²) in [5.41, 5.74) is 8.90. The van der Waals surface area contributed by atoms with Gasteiger partial charge in [-0.15, -0.1) is 0 Å². The van der Waals surface area contributed by atoms with Gasteiger partial charge >= 0.3 is 0 Å². The molecule has 2 aromatic rings. The number of hydrogen-bond donors (Lipinski definition) is 1. The van der Waals surface area contributed by atoms with E-state index in [2.05, 4.69) is 0 Å². The van der Waals surface area contributed by atoms with Crippen molar-refractivity contribution in [2.24, 2.45) is 5.73 Å². The highest BCUT2D eigenvalue weighted by Gasteiger charge is 2.19. The number of halogens is 1. The third-order valence-corrected chi connectivity index (χ3v) is 3.90. The fourth-order valence-electron chi connectivity index (χ4n) is 2.70. The molecule has 21 heavy (non-hydrogen) atoms. The number of aryl methyl sites for hydroxylation is 1. The highest BCUT2D eigenvalue weighted by atomic mass is 19.1. The Balaban J connectivity index is 1.74. The smallest absolute Gasteiger partial charge is 0.171 e. The van der Waals surface area contributed by atoms with Crippen molar-refractivity contribution in [3.05, 3.63) is 58.9 Å². The van der Waals surface area contributed by atoms with Crippen molar-refractivity contribution in [2.45, 2.75) is 25.5 Å². The van der Waals surface area contributed by atoms with Crippen LogP contribution in [0.25, 0.3) is 0 Å². The molecule has 1 aliphatic carbocycles. The topological polar surface area (TPSA) is 44.5 Å². The Morgan fingerprint density at radius 2 is 2.14 bits per heavy atom. The molecule has 2 N–H and O–H groups in total. The lowest BCUT2D eigenvalue weighted by Crippen LogP contribution is -2.05. The summed E-state index contributed by atoms with van der Waals surface area (Å²) < 4.78 is 24.7. The van der Waals surface area contributed by atoms with Gasteiger partial charge in [-0.2, -0.15) is 0 Å². The molecule has 0 spiro atoms. The van der Waals surface area contributed by atoms with Gasteiger partial charge in [0.15, 0.2) is 11.6 Å². The monoisotopic (exact) mass is 287 g/mol. The van der Waals surface area contributed by atoms with Gasteiger partial charge in [-0.1, -0.05) is 18.2 Å². The maximum absolute atomic E-state index is 14.0. The highest BCUT2D eigenvalue weighted by molar-refractivity contribution is 5.40. The summed E-state index contributed by atoms with van der Waals surface area (Å²) in [7, 11) is 1.45. The van der Waals surface area contributed by atoms with Crippen LogP contribution in [0.5, 0.6) is 11.5 Å². The molecule has 1 aliphatic rings. The molecule has 3 nitrogen and oxygen atoms in total. The van der Waals surface area contributed by atoms with Gasteiger partial charge in [0.05, 0.1) is 7.11 Å². The molecule has 0 aliphatic heterocycles. The quantitative estimate of drug-likeness (QED) is 0.937. The first-order chi connectivity index (χ1) is 10.2. The molecule has 0 aromatic heterocycles. The van der Waals surface area contributed by atoms with Crippen molar-refractivity contribution in [3.63, 3.8) is 0 Å². The molecule has 1 atom stereocenters. The molecule has 0 bridgehead atoms. The standard InChI is InChI=1S/C17H18FNO2/c1-20-16-4-2-3-12(17(16)18)10-21-13-6-7-14-11(9-13)5-8-15(14)19/h2-4,6-7,9,15H,5,8,10,19H2,1H3. The van der Waals surface area contributed by atoms with Crippen LogP contribution in [0.4, 0.5) is 4.39 Å². The van der Waals surface area contributed by atoms with Gasteiger partial charge in [0, 0.05) is 11.6 Å². The van der Waals surface area contributed by atoms with Gasteiger partial charge in [-0.25, -0.2) is 4.39 Å². The summed E-state index contributed by atoms with van der Waals surface area (Å²) in [5, 5.41) is 0. The van der Waals surface area contributed by atoms with Crippen LogP contribution >= 0.6 is 0 Å². The van der Waals surface area contributed by atoms with Crippen LogP contribution in [0, 0.1) is 5.82 Å². The highest BCUT2D eigenvalue weighted by Crippen LogP contribution is 2.32. The fourth-order valence-corrected chi connectivity index (χ4v) is 2.70. The lowest BCUT2D eigenvalue weighted by Gasteiger charge is -2.11. The summed E-state index contributed by atoms with van der Waals surface area (Å²) in [6, 6.07) is 11.1. The van der Waals surface area contributed by atoms with Gasteiger partial charge in [-0.3, -0.25) is 0 Å². The van der Waals surface area contributed by atoms with Gasteiger partial charge in [0.2, 0.25) is 0 Å². The molecule has 2 aromatic carbocycles. The Morgan fingerprint density at radius 3 is 2.95 bits per heavy atom. The second-order valence-electron chi connectivity index (χ2n) is 5.23. The zero-order chi connectivity index (χ0) is 14.8. The van der Waals surface area contributed by atoms with E-state index in [4.69, 9.17) is 15.2 Å². The van der Waals surface area contributed by atoms with Crippen molar-refractivity contribution in [2.75, 3.05) is 7.11 Å². The maximum atomic E-state index is 14.0. The minimum Gasteiger partial charge on any atom is -0.494 e. The van der Waals surface area contributed by atoms with Crippen LogP contribution in [0.2, 0.25) is 0 Å². The number of rotatable bonds is 4. The van der Waals surface area contributed by atoms with Crippen molar-refractivity contribution >= 4 is 0 Å². The van der Waals surface area contributed by atoms with E-state index in [1.54, 1.807) is 18.2 Å². The van der Waals surface area contributed by atoms with E-state index >= 15 is 0 Å². The number of ether oxygens (including phenoxy) is 2. The molecule has 110 valence electrons. The molecule has 3 rings (SSSR count). The molecule has 1 unspecified atom stereocenters. The van der Waals surface area contributed by atoms with Crippen molar-refractivity contribution in [1.82, 2.24) is 0 Å². The first kappa shape index (κ1) is 13.9. The summed E-state index contributed by atoms with van der Waals surface area (Å²) >= 11 is 0. The zero-order valence-electron chi connectivity index (χ0n) is 11.9. The van der Waals surface area contributed by atoms with E-state index in [0.717, 1.165) is 18.6 Å². The predicted molar refractivity (Wildman–Crippen MR) is 79.0 cm³/mol. The first-order valence-electron chi connectivity index (χ1n) is 7.01. The summed E-state index contributed by atoms with van der Waals surface area (Å²) in [6.07, 6.45) is 1.95. The molecule has 0 heterocycles.